The van der Waals surface area contributed by atoms with E-state index in [2.05, 4.69) is 20.4 Å². The molecule has 0 radical (unpaired) electrons. The second-order valence-electron chi connectivity index (χ2n) is 7.11. The van der Waals surface area contributed by atoms with Crippen molar-refractivity contribution in [2.24, 2.45) is 5.73 Å². The molecule has 8 nitrogen and oxygen atoms in total. The number of ether oxygens (including phenoxy) is 1. The van der Waals surface area contributed by atoms with Gasteiger partial charge in [0, 0.05) is 36.2 Å². The lowest BCUT2D eigenvalue weighted by atomic mass is 10.1. The zero-order chi connectivity index (χ0) is 20.4. The van der Waals surface area contributed by atoms with E-state index in [1.165, 1.54) is 11.3 Å². The Morgan fingerprint density at radius 1 is 1.34 bits per heavy atom. The molecule has 0 bridgehead atoms. The molecule has 4 rings (SSSR count). The van der Waals surface area contributed by atoms with Crippen LogP contribution in [-0.2, 0) is 11.2 Å². The first-order valence-electron chi connectivity index (χ1n) is 9.47. The van der Waals surface area contributed by atoms with Crippen LogP contribution in [0.15, 0.2) is 30.3 Å². The number of primary amides is 1. The van der Waals surface area contributed by atoms with E-state index < -0.39 is 5.91 Å². The lowest BCUT2D eigenvalue weighted by molar-refractivity contribution is 0.00905. The molecule has 4 N–H and O–H groups in total. The minimum absolute atomic E-state index is 0.121. The number of hydrogen-bond donors (Lipinski definition) is 3. The van der Waals surface area contributed by atoms with Crippen LogP contribution >= 0.6 is 11.3 Å². The van der Waals surface area contributed by atoms with Gasteiger partial charge in [-0.15, -0.1) is 11.3 Å². The van der Waals surface area contributed by atoms with Gasteiger partial charge >= 0.3 is 0 Å². The van der Waals surface area contributed by atoms with Crippen molar-refractivity contribution in [3.63, 3.8) is 0 Å². The number of aromatic amines is 1. The maximum Gasteiger partial charge on any atom is 0.258 e. The van der Waals surface area contributed by atoms with Crippen LogP contribution in [0.5, 0.6) is 0 Å². The van der Waals surface area contributed by atoms with Crippen molar-refractivity contribution in [2.45, 2.75) is 19.5 Å². The minimum Gasteiger partial charge on any atom is -0.379 e. The Kier molecular flexibility index (Phi) is 5.61. The van der Waals surface area contributed by atoms with Crippen LogP contribution in [0.1, 0.15) is 31.3 Å². The van der Waals surface area contributed by atoms with Crippen molar-refractivity contribution in [1.82, 2.24) is 20.4 Å². The molecule has 29 heavy (non-hydrogen) atoms. The summed E-state index contributed by atoms with van der Waals surface area (Å²) in [6, 6.07) is 9.29. The van der Waals surface area contributed by atoms with E-state index in [0.29, 0.717) is 30.1 Å². The fourth-order valence-corrected chi connectivity index (χ4v) is 4.38. The van der Waals surface area contributed by atoms with E-state index >= 15 is 0 Å². The first kappa shape index (κ1) is 19.6. The van der Waals surface area contributed by atoms with Crippen molar-refractivity contribution < 1.29 is 14.3 Å². The molecule has 3 heterocycles. The van der Waals surface area contributed by atoms with E-state index in [1.54, 1.807) is 6.07 Å². The number of nitrogens with two attached hydrogens (primary N) is 1. The third-order valence-electron chi connectivity index (χ3n) is 5.03. The Morgan fingerprint density at radius 3 is 2.86 bits per heavy atom. The van der Waals surface area contributed by atoms with Crippen molar-refractivity contribution in [2.75, 3.05) is 26.3 Å². The van der Waals surface area contributed by atoms with Gasteiger partial charge in [0.05, 0.1) is 24.3 Å². The maximum absolute atomic E-state index is 12.9. The van der Waals surface area contributed by atoms with Crippen LogP contribution in [0.2, 0.25) is 0 Å². The van der Waals surface area contributed by atoms with Crippen LogP contribution in [0.25, 0.3) is 10.2 Å². The minimum atomic E-state index is -0.462. The fourth-order valence-electron chi connectivity index (χ4n) is 3.51. The monoisotopic (exact) mass is 413 g/mol. The molecule has 2 aromatic heterocycles. The summed E-state index contributed by atoms with van der Waals surface area (Å²) in [5.41, 5.74) is 7.93. The average Bonchev–Trinajstić information content (AvgIpc) is 3.30. The predicted octanol–water partition coefficient (Wildman–Crippen LogP) is 1.66. The first-order chi connectivity index (χ1) is 14.0. The molecule has 0 aliphatic carbocycles. The zero-order valence-electron chi connectivity index (χ0n) is 16.1. The lowest BCUT2D eigenvalue weighted by Crippen LogP contribution is -2.53. The average molecular weight is 414 g/mol. The van der Waals surface area contributed by atoms with Gasteiger partial charge in [-0.25, -0.2) is 0 Å². The number of nitrogens with zero attached hydrogens (tertiary/aromatic N) is 2. The summed E-state index contributed by atoms with van der Waals surface area (Å²) in [7, 11) is 0. The summed E-state index contributed by atoms with van der Waals surface area (Å²) < 4.78 is 5.47. The topological polar surface area (TPSA) is 113 Å². The Hall–Kier alpha value is -2.75. The van der Waals surface area contributed by atoms with Gasteiger partial charge < -0.3 is 15.8 Å². The number of aryl methyl sites for hydroxylation is 1. The number of aromatic nitrogens is 2. The maximum atomic E-state index is 12.9. The predicted molar refractivity (Wildman–Crippen MR) is 111 cm³/mol. The quantitative estimate of drug-likeness (QED) is 0.569. The number of nitrogens with one attached hydrogen (secondary N) is 2. The Bertz CT molecular complexity index is 1040. The van der Waals surface area contributed by atoms with Gasteiger partial charge in [0.15, 0.2) is 0 Å². The standard InChI is InChI=1S/C20H23N5O3S/c1-12-3-2-4-13(9-12)19(27)22-17(25-5-7-28-8-6-25)11-15-14-10-16(18(21)26)29-20(14)24-23-15/h2-4,9-10,17H,5-8,11H2,1H3,(H2,21,26)(H,22,27)(H,23,24). The molecule has 0 saturated carbocycles. The number of benzene rings is 1. The molecule has 0 spiro atoms. The molecule has 3 aromatic rings. The fraction of sp³-hybridized carbons (Fsp3) is 0.350. The van der Waals surface area contributed by atoms with E-state index in [9.17, 15) is 9.59 Å². The Morgan fingerprint density at radius 2 is 2.14 bits per heavy atom. The summed E-state index contributed by atoms with van der Waals surface area (Å²) in [5, 5.41) is 11.4. The highest BCUT2D eigenvalue weighted by Gasteiger charge is 2.25. The van der Waals surface area contributed by atoms with E-state index in [4.69, 9.17) is 10.5 Å². The highest BCUT2D eigenvalue weighted by atomic mass is 32.1. The molecule has 152 valence electrons. The largest absolute Gasteiger partial charge is 0.379 e. The number of morpholine rings is 1. The zero-order valence-corrected chi connectivity index (χ0v) is 16.9. The summed E-state index contributed by atoms with van der Waals surface area (Å²) in [6.07, 6.45) is 0.302. The number of H-pyrrole nitrogens is 1. The molecule has 1 unspecified atom stereocenters. The smallest absolute Gasteiger partial charge is 0.258 e. The van der Waals surface area contributed by atoms with Crippen molar-refractivity contribution in [1.29, 1.82) is 0 Å². The third kappa shape index (κ3) is 4.31. The van der Waals surface area contributed by atoms with E-state index in [1.807, 2.05) is 31.2 Å². The number of carbonyl (C=O) groups excluding carboxylic acids is 2. The Balaban J connectivity index is 1.59. The second-order valence-corrected chi connectivity index (χ2v) is 8.14. The molecular weight excluding hydrogens is 390 g/mol. The van der Waals surface area contributed by atoms with E-state index in [0.717, 1.165) is 34.6 Å². The highest BCUT2D eigenvalue weighted by molar-refractivity contribution is 7.20. The number of thiophene rings is 1. The third-order valence-corrected chi connectivity index (χ3v) is 6.08. The molecule has 1 aliphatic heterocycles. The van der Waals surface area contributed by atoms with Crippen LogP contribution in [-0.4, -0.2) is 59.4 Å². The van der Waals surface area contributed by atoms with Gasteiger partial charge in [-0.1, -0.05) is 17.7 Å². The molecule has 1 atom stereocenters. The number of fused-ring (bicyclic) bond motifs is 1. The normalized spacial score (nSPS) is 16.0. The number of rotatable bonds is 6. The van der Waals surface area contributed by atoms with Crippen molar-refractivity contribution >= 4 is 33.4 Å². The molecule has 1 aliphatic rings. The molecule has 9 heteroatoms. The van der Waals surface area contributed by atoms with Gasteiger partial charge in [0.2, 0.25) is 0 Å². The van der Waals surface area contributed by atoms with Crippen molar-refractivity contribution in [3.8, 4) is 0 Å². The molecule has 2 amide bonds. The molecule has 1 fully saturated rings. The van der Waals surface area contributed by atoms with Crippen LogP contribution in [0.4, 0.5) is 0 Å². The summed E-state index contributed by atoms with van der Waals surface area (Å²) in [4.78, 5) is 27.8. The van der Waals surface area contributed by atoms with E-state index in [-0.39, 0.29) is 12.1 Å². The van der Waals surface area contributed by atoms with Gasteiger partial charge in [-0.2, -0.15) is 5.10 Å². The summed E-state index contributed by atoms with van der Waals surface area (Å²) in [6.45, 7) is 4.67. The summed E-state index contributed by atoms with van der Waals surface area (Å²) in [5.74, 6) is -0.583. The number of amides is 2. The molecular formula is C20H23N5O3S. The molecule has 1 saturated heterocycles. The second kappa shape index (κ2) is 8.32. The highest BCUT2D eigenvalue weighted by Crippen LogP contribution is 2.27. The van der Waals surface area contributed by atoms with Crippen LogP contribution in [0, 0.1) is 6.92 Å². The van der Waals surface area contributed by atoms with Gasteiger partial charge in [0.1, 0.15) is 4.83 Å². The van der Waals surface area contributed by atoms with Gasteiger partial charge in [0.25, 0.3) is 11.8 Å². The summed E-state index contributed by atoms with van der Waals surface area (Å²) >= 11 is 1.26. The van der Waals surface area contributed by atoms with Crippen molar-refractivity contribution in [3.05, 3.63) is 52.0 Å². The van der Waals surface area contributed by atoms with Crippen LogP contribution in [0.3, 0.4) is 0 Å². The van der Waals surface area contributed by atoms with Gasteiger partial charge in [-0.3, -0.25) is 19.6 Å². The molecule has 1 aromatic carbocycles. The SMILES string of the molecule is Cc1cccc(C(=O)NC(Cc2[nH]nc3sc(C(N)=O)cc23)N2CCOCC2)c1. The number of hydrogen-bond acceptors (Lipinski definition) is 6. The Labute approximate surface area is 172 Å². The lowest BCUT2D eigenvalue weighted by Gasteiger charge is -2.34. The van der Waals surface area contributed by atoms with Gasteiger partial charge in [-0.05, 0) is 25.1 Å². The number of carbonyl (C=O) groups is 2. The first-order valence-corrected chi connectivity index (χ1v) is 10.3. The van der Waals surface area contributed by atoms with Crippen LogP contribution < -0.4 is 11.1 Å².